The maximum absolute atomic E-state index is 7.00. The van der Waals surface area contributed by atoms with Crippen molar-refractivity contribution in [3.05, 3.63) is 12.7 Å². The van der Waals surface area contributed by atoms with Crippen LogP contribution in [0.15, 0.2) is 12.7 Å². The van der Waals surface area contributed by atoms with E-state index >= 15 is 0 Å². The van der Waals surface area contributed by atoms with Crippen molar-refractivity contribution in [2.75, 3.05) is 26.7 Å². The monoisotopic (exact) mass is 145 g/mol. The van der Waals surface area contributed by atoms with Crippen molar-refractivity contribution in [2.24, 2.45) is 0 Å². The first-order valence-electron chi connectivity index (χ1n) is 3.63. The maximum Gasteiger partial charge on any atom is 0.0319 e. The Kier molecular flexibility index (Phi) is 14.1. The first-order chi connectivity index (χ1) is 4.85. The van der Waals surface area contributed by atoms with Crippen LogP contribution >= 0.6 is 0 Å². The molecule has 0 atom stereocenters. The molecule has 0 aliphatic carbocycles. The molecule has 0 spiro atoms. The third-order valence-corrected chi connectivity index (χ3v) is 1.28. The van der Waals surface area contributed by atoms with Gasteiger partial charge in [0, 0.05) is 13.7 Å². The molecular weight excluding hydrogens is 126 g/mol. The second kappa shape index (κ2) is 11.5. The quantitative estimate of drug-likeness (QED) is 0.599. The second-order valence-electron chi connectivity index (χ2n) is 1.77. The van der Waals surface area contributed by atoms with E-state index in [4.69, 9.17) is 5.11 Å². The molecule has 0 unspecified atom stereocenters. The zero-order valence-corrected chi connectivity index (χ0v) is 7.30. The molecule has 0 heterocycles. The summed E-state index contributed by atoms with van der Waals surface area (Å²) in [5, 5.41) is 7.00. The van der Waals surface area contributed by atoms with Crippen molar-refractivity contribution in [3.63, 3.8) is 0 Å². The Morgan fingerprint density at radius 1 is 1.30 bits per heavy atom. The average molecular weight is 145 g/mol. The van der Waals surface area contributed by atoms with Gasteiger partial charge in [0.2, 0.25) is 0 Å². The minimum atomic E-state index is 1.00. The van der Waals surface area contributed by atoms with Crippen molar-refractivity contribution in [2.45, 2.75) is 13.8 Å². The highest BCUT2D eigenvalue weighted by Crippen LogP contribution is 1.84. The topological polar surface area (TPSA) is 23.5 Å². The fraction of sp³-hybridized carbons (Fsp3) is 0.750. The summed E-state index contributed by atoms with van der Waals surface area (Å²) in [6.45, 7) is 11.2. The van der Waals surface area contributed by atoms with Gasteiger partial charge in [-0.15, -0.1) is 6.58 Å². The van der Waals surface area contributed by atoms with Gasteiger partial charge in [0.25, 0.3) is 0 Å². The molecule has 0 amide bonds. The number of likely N-dealkylation sites (N-methyl/N-ethyl adjacent to an activating group) is 1. The minimum Gasteiger partial charge on any atom is -0.400 e. The molecule has 0 fully saturated rings. The lowest BCUT2D eigenvalue weighted by molar-refractivity contribution is 0.337. The van der Waals surface area contributed by atoms with E-state index in [0.29, 0.717) is 0 Å². The molecule has 62 valence electrons. The summed E-state index contributed by atoms with van der Waals surface area (Å²) < 4.78 is 0. The molecule has 0 saturated heterocycles. The van der Waals surface area contributed by atoms with Crippen LogP contribution in [0.4, 0.5) is 0 Å². The predicted molar refractivity (Wildman–Crippen MR) is 46.1 cm³/mol. The molecule has 0 saturated carbocycles. The highest BCUT2D eigenvalue weighted by atomic mass is 16.2. The van der Waals surface area contributed by atoms with E-state index < -0.39 is 0 Å². The first-order valence-corrected chi connectivity index (χ1v) is 3.63. The molecule has 0 aromatic heterocycles. The summed E-state index contributed by atoms with van der Waals surface area (Å²) >= 11 is 0. The van der Waals surface area contributed by atoms with E-state index in [-0.39, 0.29) is 0 Å². The normalized spacial score (nSPS) is 8.50. The zero-order valence-electron chi connectivity index (χ0n) is 7.30. The van der Waals surface area contributed by atoms with Crippen LogP contribution in [0.1, 0.15) is 13.8 Å². The van der Waals surface area contributed by atoms with Gasteiger partial charge in [-0.25, -0.2) is 0 Å². The summed E-state index contributed by atoms with van der Waals surface area (Å²) in [6.07, 6.45) is 1.94. The number of aliphatic hydroxyl groups is 1. The average Bonchev–Trinajstić information content (AvgIpc) is 2.04. The molecule has 0 rings (SSSR count). The van der Waals surface area contributed by atoms with E-state index in [0.717, 1.165) is 26.7 Å². The Morgan fingerprint density at radius 3 is 1.80 bits per heavy atom. The van der Waals surface area contributed by atoms with Crippen molar-refractivity contribution in [1.82, 2.24) is 4.90 Å². The van der Waals surface area contributed by atoms with Gasteiger partial charge >= 0.3 is 0 Å². The summed E-state index contributed by atoms with van der Waals surface area (Å²) in [6, 6.07) is 0. The molecule has 0 radical (unpaired) electrons. The van der Waals surface area contributed by atoms with Crippen LogP contribution in [0, 0.1) is 0 Å². The van der Waals surface area contributed by atoms with Crippen molar-refractivity contribution >= 4 is 0 Å². The third-order valence-electron chi connectivity index (χ3n) is 1.28. The Hall–Kier alpha value is -0.340. The van der Waals surface area contributed by atoms with E-state index in [9.17, 15) is 0 Å². The fourth-order valence-electron chi connectivity index (χ4n) is 0.664. The van der Waals surface area contributed by atoms with Gasteiger partial charge in [-0.3, -0.25) is 0 Å². The summed E-state index contributed by atoms with van der Waals surface area (Å²) in [5.41, 5.74) is 0. The predicted octanol–water partition coefficient (Wildman–Crippen LogP) is 1.12. The van der Waals surface area contributed by atoms with Crippen LogP contribution in [-0.4, -0.2) is 36.8 Å². The molecule has 2 heteroatoms. The fourth-order valence-corrected chi connectivity index (χ4v) is 0.664. The third kappa shape index (κ3) is 7.66. The van der Waals surface area contributed by atoms with E-state index in [2.05, 4.69) is 25.3 Å². The van der Waals surface area contributed by atoms with Gasteiger partial charge in [0.15, 0.2) is 0 Å². The van der Waals surface area contributed by atoms with Gasteiger partial charge in [-0.2, -0.15) is 0 Å². The van der Waals surface area contributed by atoms with Crippen LogP contribution in [0.5, 0.6) is 0 Å². The molecule has 0 aliphatic rings. The van der Waals surface area contributed by atoms with Crippen molar-refractivity contribution < 1.29 is 5.11 Å². The first kappa shape index (κ1) is 12.3. The Balaban J connectivity index is 0. The van der Waals surface area contributed by atoms with Gasteiger partial charge in [0.05, 0.1) is 0 Å². The minimum absolute atomic E-state index is 1.00. The molecule has 10 heavy (non-hydrogen) atoms. The van der Waals surface area contributed by atoms with Crippen molar-refractivity contribution in [1.29, 1.82) is 0 Å². The van der Waals surface area contributed by atoms with Gasteiger partial charge in [-0.1, -0.05) is 19.9 Å². The Labute approximate surface area is 64.2 Å². The van der Waals surface area contributed by atoms with Gasteiger partial charge in [-0.05, 0) is 13.1 Å². The van der Waals surface area contributed by atoms with Crippen molar-refractivity contribution in [3.8, 4) is 0 Å². The smallest absolute Gasteiger partial charge is 0.0319 e. The molecule has 0 aromatic carbocycles. The number of aliphatic hydroxyl groups excluding tert-OH is 1. The zero-order chi connectivity index (χ0) is 8.41. The molecular formula is C8H19NO. The SMILES string of the molecule is C=CCN(CC)CC.CO. The van der Waals surface area contributed by atoms with E-state index in [1.165, 1.54) is 0 Å². The molecule has 0 bridgehead atoms. The lowest BCUT2D eigenvalue weighted by Crippen LogP contribution is -2.22. The van der Waals surface area contributed by atoms with Gasteiger partial charge < -0.3 is 10.0 Å². The largest absolute Gasteiger partial charge is 0.400 e. The van der Waals surface area contributed by atoms with Crippen LogP contribution in [0.3, 0.4) is 0 Å². The molecule has 2 nitrogen and oxygen atoms in total. The van der Waals surface area contributed by atoms with Gasteiger partial charge in [0.1, 0.15) is 0 Å². The molecule has 0 aromatic rings. The summed E-state index contributed by atoms with van der Waals surface area (Å²) in [5.74, 6) is 0. The second-order valence-corrected chi connectivity index (χ2v) is 1.77. The number of hydrogen-bond donors (Lipinski definition) is 1. The lowest BCUT2D eigenvalue weighted by atomic mass is 10.5. The van der Waals surface area contributed by atoms with Crippen LogP contribution < -0.4 is 0 Å². The molecule has 1 N–H and O–H groups in total. The summed E-state index contributed by atoms with van der Waals surface area (Å²) in [4.78, 5) is 2.31. The van der Waals surface area contributed by atoms with Crippen LogP contribution in [0.25, 0.3) is 0 Å². The maximum atomic E-state index is 7.00. The number of rotatable bonds is 4. The number of nitrogens with zero attached hydrogens (tertiary/aromatic N) is 1. The number of hydrogen-bond acceptors (Lipinski definition) is 2. The Bertz CT molecular complexity index is 60.3. The summed E-state index contributed by atoms with van der Waals surface area (Å²) in [7, 11) is 1.00. The standard InChI is InChI=1S/C7H15N.CH4O/c1-4-7-8(5-2)6-3;1-2/h4H,1,5-7H2,2-3H3;2H,1H3. The highest BCUT2D eigenvalue weighted by Gasteiger charge is 1.90. The Morgan fingerprint density at radius 2 is 1.70 bits per heavy atom. The molecule has 0 aliphatic heterocycles. The van der Waals surface area contributed by atoms with E-state index in [1.54, 1.807) is 0 Å². The highest BCUT2D eigenvalue weighted by molar-refractivity contribution is 4.71. The lowest BCUT2D eigenvalue weighted by Gasteiger charge is -2.14. The van der Waals surface area contributed by atoms with E-state index in [1.807, 2.05) is 6.08 Å². The van der Waals surface area contributed by atoms with Crippen LogP contribution in [0.2, 0.25) is 0 Å². The van der Waals surface area contributed by atoms with Crippen LogP contribution in [-0.2, 0) is 0 Å².